The fourth-order valence-electron chi connectivity index (χ4n) is 3.86. The number of hydrogen-bond donors (Lipinski definition) is 1. The summed E-state index contributed by atoms with van der Waals surface area (Å²) in [7, 11) is 2.07. The monoisotopic (exact) mass is 288 g/mol. The molecule has 1 aromatic rings. The number of likely N-dealkylation sites (N-methyl/N-ethyl adjacent to an activating group) is 1. The Morgan fingerprint density at radius 1 is 1.29 bits per heavy atom. The summed E-state index contributed by atoms with van der Waals surface area (Å²) >= 11 is 0. The molecule has 1 saturated carbocycles. The highest BCUT2D eigenvalue weighted by atomic mass is 16.5. The van der Waals surface area contributed by atoms with E-state index in [1.165, 1.54) is 31.4 Å². The first-order chi connectivity index (χ1) is 10.3. The second kappa shape index (κ2) is 6.80. The number of fused-ring (bicyclic) bond motifs is 2. The third-order valence-electron chi connectivity index (χ3n) is 5.04. The summed E-state index contributed by atoms with van der Waals surface area (Å²) in [6.45, 7) is 5.37. The van der Waals surface area contributed by atoms with E-state index in [1.54, 1.807) is 0 Å². The van der Waals surface area contributed by atoms with Gasteiger partial charge in [0.1, 0.15) is 5.75 Å². The summed E-state index contributed by atoms with van der Waals surface area (Å²) in [5, 5.41) is 3.48. The van der Waals surface area contributed by atoms with Gasteiger partial charge in [-0.2, -0.15) is 0 Å². The van der Waals surface area contributed by atoms with Crippen LogP contribution in [0.4, 0.5) is 0 Å². The van der Waals surface area contributed by atoms with Crippen LogP contribution in [0.15, 0.2) is 24.3 Å². The summed E-state index contributed by atoms with van der Waals surface area (Å²) in [5.74, 6) is 1.95. The third-order valence-corrected chi connectivity index (χ3v) is 5.04. The second-order valence-corrected chi connectivity index (χ2v) is 6.55. The molecule has 1 N–H and O–H groups in total. The summed E-state index contributed by atoms with van der Waals surface area (Å²) in [6, 6.07) is 9.89. The fraction of sp³-hybridized carbons (Fsp3) is 0.667. The third kappa shape index (κ3) is 3.41. The SMILES string of the molecule is CCCOc1ccc(C(CN2CC3CCC2C3)NC)cc1. The smallest absolute Gasteiger partial charge is 0.119 e. The van der Waals surface area contributed by atoms with Crippen LogP contribution >= 0.6 is 0 Å². The fourth-order valence-corrected chi connectivity index (χ4v) is 3.86. The number of likely N-dealkylation sites (tertiary alicyclic amines) is 1. The molecule has 1 heterocycles. The number of nitrogens with zero attached hydrogens (tertiary/aromatic N) is 1. The van der Waals surface area contributed by atoms with Crippen molar-refractivity contribution in [3.05, 3.63) is 29.8 Å². The molecule has 3 unspecified atom stereocenters. The van der Waals surface area contributed by atoms with E-state index in [2.05, 4.69) is 48.5 Å². The molecule has 2 bridgehead atoms. The molecule has 2 fully saturated rings. The molecular formula is C18H28N2O. The van der Waals surface area contributed by atoms with Gasteiger partial charge in [0, 0.05) is 25.2 Å². The molecule has 1 saturated heterocycles. The lowest BCUT2D eigenvalue weighted by Gasteiger charge is -2.31. The Balaban J connectivity index is 1.60. The molecule has 1 aliphatic heterocycles. The minimum atomic E-state index is 0.421. The number of piperidine rings is 1. The number of rotatable bonds is 7. The largest absolute Gasteiger partial charge is 0.494 e. The maximum absolute atomic E-state index is 5.67. The van der Waals surface area contributed by atoms with Gasteiger partial charge in [0.2, 0.25) is 0 Å². The molecule has 1 aliphatic carbocycles. The maximum atomic E-state index is 5.67. The number of hydrogen-bond acceptors (Lipinski definition) is 3. The first kappa shape index (κ1) is 14.9. The number of benzene rings is 1. The Labute approximate surface area is 128 Å². The first-order valence-electron chi connectivity index (χ1n) is 8.44. The summed E-state index contributed by atoms with van der Waals surface area (Å²) < 4.78 is 5.67. The Bertz CT molecular complexity index is 445. The average molecular weight is 288 g/mol. The summed E-state index contributed by atoms with van der Waals surface area (Å²) in [6.07, 6.45) is 5.35. The molecule has 2 aliphatic rings. The van der Waals surface area contributed by atoms with Crippen LogP contribution in [0.5, 0.6) is 5.75 Å². The standard InChI is InChI=1S/C18H28N2O/c1-3-10-21-17-8-5-15(6-9-17)18(19-2)13-20-12-14-4-7-16(20)11-14/h5-6,8-9,14,16,18-19H,3-4,7,10-13H2,1-2H3. The Morgan fingerprint density at radius 2 is 2.10 bits per heavy atom. The quantitative estimate of drug-likeness (QED) is 0.834. The first-order valence-corrected chi connectivity index (χ1v) is 8.44. The molecule has 0 radical (unpaired) electrons. The molecular weight excluding hydrogens is 260 g/mol. The van der Waals surface area contributed by atoms with Crippen molar-refractivity contribution in [1.29, 1.82) is 0 Å². The van der Waals surface area contributed by atoms with Gasteiger partial charge in [0.05, 0.1) is 6.61 Å². The lowest BCUT2D eigenvalue weighted by molar-refractivity contribution is 0.194. The predicted octanol–water partition coefficient (Wildman–Crippen LogP) is 3.22. The Kier molecular flexibility index (Phi) is 4.81. The van der Waals surface area contributed by atoms with Crippen molar-refractivity contribution in [1.82, 2.24) is 10.2 Å². The predicted molar refractivity (Wildman–Crippen MR) is 86.7 cm³/mol. The molecule has 0 spiro atoms. The Hall–Kier alpha value is -1.06. The van der Waals surface area contributed by atoms with Gasteiger partial charge in [-0.25, -0.2) is 0 Å². The van der Waals surface area contributed by atoms with Crippen LogP contribution < -0.4 is 10.1 Å². The van der Waals surface area contributed by atoms with Crippen molar-refractivity contribution in [2.45, 2.75) is 44.7 Å². The van der Waals surface area contributed by atoms with Crippen molar-refractivity contribution in [3.63, 3.8) is 0 Å². The van der Waals surface area contributed by atoms with Gasteiger partial charge in [-0.3, -0.25) is 4.90 Å². The molecule has 0 aromatic heterocycles. The Morgan fingerprint density at radius 3 is 2.67 bits per heavy atom. The summed E-state index contributed by atoms with van der Waals surface area (Å²) in [4.78, 5) is 2.69. The molecule has 3 rings (SSSR count). The molecule has 0 amide bonds. The molecule has 3 atom stereocenters. The molecule has 21 heavy (non-hydrogen) atoms. The van der Waals surface area contributed by atoms with Crippen molar-refractivity contribution in [3.8, 4) is 5.75 Å². The lowest BCUT2D eigenvalue weighted by Crippen LogP contribution is -2.38. The van der Waals surface area contributed by atoms with E-state index in [4.69, 9.17) is 4.74 Å². The second-order valence-electron chi connectivity index (χ2n) is 6.55. The van der Waals surface area contributed by atoms with Gasteiger partial charge in [-0.15, -0.1) is 0 Å². The summed E-state index contributed by atoms with van der Waals surface area (Å²) in [5.41, 5.74) is 1.36. The van der Waals surface area contributed by atoms with E-state index in [0.29, 0.717) is 6.04 Å². The number of nitrogens with one attached hydrogen (secondary N) is 1. The van der Waals surface area contributed by atoms with Crippen molar-refractivity contribution in [2.75, 3.05) is 26.7 Å². The average Bonchev–Trinajstić information content (AvgIpc) is 3.14. The van der Waals surface area contributed by atoms with Crippen LogP contribution in [0, 0.1) is 5.92 Å². The zero-order valence-corrected chi connectivity index (χ0v) is 13.3. The van der Waals surface area contributed by atoms with E-state index in [0.717, 1.165) is 37.3 Å². The van der Waals surface area contributed by atoms with Crippen LogP contribution in [0.1, 0.15) is 44.2 Å². The van der Waals surface area contributed by atoms with Crippen molar-refractivity contribution in [2.24, 2.45) is 5.92 Å². The van der Waals surface area contributed by atoms with Gasteiger partial charge < -0.3 is 10.1 Å². The van der Waals surface area contributed by atoms with Crippen LogP contribution in [0.3, 0.4) is 0 Å². The molecule has 3 nitrogen and oxygen atoms in total. The minimum absolute atomic E-state index is 0.421. The normalized spacial score (nSPS) is 26.2. The highest BCUT2D eigenvalue weighted by molar-refractivity contribution is 5.29. The van der Waals surface area contributed by atoms with Crippen LogP contribution in [0.25, 0.3) is 0 Å². The maximum Gasteiger partial charge on any atom is 0.119 e. The van der Waals surface area contributed by atoms with Gasteiger partial charge in [-0.1, -0.05) is 19.1 Å². The van der Waals surface area contributed by atoms with E-state index in [-0.39, 0.29) is 0 Å². The van der Waals surface area contributed by atoms with Crippen molar-refractivity contribution >= 4 is 0 Å². The van der Waals surface area contributed by atoms with E-state index < -0.39 is 0 Å². The van der Waals surface area contributed by atoms with E-state index in [1.807, 2.05) is 0 Å². The van der Waals surface area contributed by atoms with E-state index in [9.17, 15) is 0 Å². The van der Waals surface area contributed by atoms with Gasteiger partial charge in [0.15, 0.2) is 0 Å². The van der Waals surface area contributed by atoms with Gasteiger partial charge in [0.25, 0.3) is 0 Å². The topological polar surface area (TPSA) is 24.5 Å². The van der Waals surface area contributed by atoms with Crippen LogP contribution in [-0.2, 0) is 0 Å². The van der Waals surface area contributed by atoms with Crippen molar-refractivity contribution < 1.29 is 4.74 Å². The molecule has 1 aromatic carbocycles. The highest BCUT2D eigenvalue weighted by Crippen LogP contribution is 2.38. The van der Waals surface area contributed by atoms with Gasteiger partial charge in [-0.05, 0) is 56.3 Å². The van der Waals surface area contributed by atoms with E-state index >= 15 is 0 Å². The lowest BCUT2D eigenvalue weighted by atomic mass is 10.0. The van der Waals surface area contributed by atoms with Crippen LogP contribution in [0.2, 0.25) is 0 Å². The van der Waals surface area contributed by atoms with Crippen LogP contribution in [-0.4, -0.2) is 37.7 Å². The van der Waals surface area contributed by atoms with Gasteiger partial charge >= 0.3 is 0 Å². The number of ether oxygens (including phenoxy) is 1. The highest BCUT2D eigenvalue weighted by Gasteiger charge is 2.38. The molecule has 116 valence electrons. The molecule has 3 heteroatoms. The minimum Gasteiger partial charge on any atom is -0.494 e. The zero-order chi connectivity index (χ0) is 14.7. The zero-order valence-electron chi connectivity index (χ0n) is 13.3.